The number of rotatable bonds is 6. The molecule has 0 saturated heterocycles. The van der Waals surface area contributed by atoms with Gasteiger partial charge < -0.3 is 4.74 Å². The molecule has 5 nitrogen and oxygen atoms in total. The van der Waals surface area contributed by atoms with Gasteiger partial charge in [-0.05, 0) is 32.0 Å². The van der Waals surface area contributed by atoms with Gasteiger partial charge in [0.1, 0.15) is 12.4 Å². The topological polar surface area (TPSA) is 60.5 Å². The highest BCUT2D eigenvalue weighted by Gasteiger charge is 2.07. The predicted molar refractivity (Wildman–Crippen MR) is 76.7 cm³/mol. The lowest BCUT2D eigenvalue weighted by atomic mass is 10.2. The highest BCUT2D eigenvalue weighted by atomic mass is 32.1. The maximum absolute atomic E-state index is 11.7. The van der Waals surface area contributed by atoms with Gasteiger partial charge in [0.05, 0.1) is 17.3 Å². The average molecular weight is 292 g/mol. The smallest absolute Gasteiger partial charge is 0.274 e. The fourth-order valence-corrected chi connectivity index (χ4v) is 2.15. The molecule has 2 aromatic rings. The minimum Gasteiger partial charge on any atom is -0.487 e. The highest BCUT2D eigenvalue weighted by Crippen LogP contribution is 2.16. The van der Waals surface area contributed by atoms with Crippen molar-refractivity contribution in [3.8, 4) is 5.75 Å². The second kappa shape index (κ2) is 7.02. The predicted octanol–water partition coefficient (Wildman–Crippen LogP) is 2.71. The van der Waals surface area contributed by atoms with Crippen LogP contribution in [0.3, 0.4) is 0 Å². The summed E-state index contributed by atoms with van der Waals surface area (Å²) in [7, 11) is 0. The fourth-order valence-electron chi connectivity index (χ4n) is 1.56. The number of nitrogens with zero attached hydrogens (tertiary/aromatic N) is 1. The second-order valence-corrected chi connectivity index (χ2v) is 5.10. The molecule has 0 unspecified atom stereocenters. The molecule has 0 bridgehead atoms. The van der Waals surface area contributed by atoms with E-state index in [0.29, 0.717) is 24.5 Å². The number of hydroxylamine groups is 1. The number of nitrogens with one attached hydrogen (secondary N) is 1. The van der Waals surface area contributed by atoms with Crippen molar-refractivity contribution in [2.24, 2.45) is 0 Å². The average Bonchev–Trinajstić information content (AvgIpc) is 2.88. The summed E-state index contributed by atoms with van der Waals surface area (Å²) in [6.45, 7) is 4.56. The fraction of sp³-hybridized carbons (Fsp3) is 0.286. The van der Waals surface area contributed by atoms with Crippen molar-refractivity contribution in [1.29, 1.82) is 0 Å². The van der Waals surface area contributed by atoms with Crippen LogP contribution in [0.2, 0.25) is 0 Å². The Balaban J connectivity index is 1.97. The van der Waals surface area contributed by atoms with E-state index in [1.807, 2.05) is 12.3 Å². The Morgan fingerprint density at radius 1 is 1.45 bits per heavy atom. The molecule has 0 aliphatic heterocycles. The Morgan fingerprint density at radius 3 is 3.00 bits per heavy atom. The summed E-state index contributed by atoms with van der Waals surface area (Å²) in [4.78, 5) is 20.9. The van der Waals surface area contributed by atoms with Gasteiger partial charge >= 0.3 is 0 Å². The van der Waals surface area contributed by atoms with Gasteiger partial charge in [-0.25, -0.2) is 10.5 Å². The van der Waals surface area contributed by atoms with E-state index >= 15 is 0 Å². The van der Waals surface area contributed by atoms with Crippen LogP contribution < -0.4 is 10.2 Å². The molecule has 0 spiro atoms. The summed E-state index contributed by atoms with van der Waals surface area (Å²) in [6, 6.07) is 6.95. The number of carbonyl (C=O) groups excluding carboxylic acids is 1. The number of carbonyl (C=O) groups is 1. The number of benzene rings is 1. The van der Waals surface area contributed by atoms with E-state index in [2.05, 4.69) is 10.5 Å². The van der Waals surface area contributed by atoms with Crippen LogP contribution in [-0.4, -0.2) is 17.5 Å². The van der Waals surface area contributed by atoms with E-state index in [1.165, 1.54) is 0 Å². The SMILES string of the molecule is CCONC(=O)c1cccc(OCc2csc(C)n2)c1. The molecule has 1 heterocycles. The number of hydrogen-bond donors (Lipinski definition) is 1. The van der Waals surface area contributed by atoms with Crippen LogP contribution >= 0.6 is 11.3 Å². The van der Waals surface area contributed by atoms with Crippen molar-refractivity contribution in [3.05, 3.63) is 45.9 Å². The number of ether oxygens (including phenoxy) is 1. The zero-order chi connectivity index (χ0) is 14.4. The van der Waals surface area contributed by atoms with Gasteiger partial charge in [0.15, 0.2) is 0 Å². The van der Waals surface area contributed by atoms with E-state index in [0.717, 1.165) is 10.7 Å². The minimum absolute atomic E-state index is 0.290. The maximum atomic E-state index is 11.7. The molecule has 0 atom stereocenters. The van der Waals surface area contributed by atoms with Gasteiger partial charge in [-0.3, -0.25) is 9.63 Å². The molecule has 1 aromatic heterocycles. The highest BCUT2D eigenvalue weighted by molar-refractivity contribution is 7.09. The van der Waals surface area contributed by atoms with E-state index in [1.54, 1.807) is 42.5 Å². The first kappa shape index (κ1) is 14.5. The van der Waals surface area contributed by atoms with Crippen molar-refractivity contribution in [1.82, 2.24) is 10.5 Å². The van der Waals surface area contributed by atoms with Crippen LogP contribution in [0.1, 0.15) is 28.0 Å². The molecule has 20 heavy (non-hydrogen) atoms. The zero-order valence-electron chi connectivity index (χ0n) is 11.4. The molecule has 1 amide bonds. The molecule has 106 valence electrons. The van der Waals surface area contributed by atoms with Gasteiger partial charge in [-0.2, -0.15) is 0 Å². The number of thiazole rings is 1. The Bertz CT molecular complexity index is 583. The van der Waals surface area contributed by atoms with Gasteiger partial charge in [0.25, 0.3) is 5.91 Å². The van der Waals surface area contributed by atoms with Gasteiger partial charge in [0, 0.05) is 10.9 Å². The van der Waals surface area contributed by atoms with Crippen molar-refractivity contribution in [3.63, 3.8) is 0 Å². The number of aromatic nitrogens is 1. The minimum atomic E-state index is -0.290. The van der Waals surface area contributed by atoms with Crippen LogP contribution in [-0.2, 0) is 11.4 Å². The van der Waals surface area contributed by atoms with Crippen LogP contribution in [0.5, 0.6) is 5.75 Å². The Kier molecular flexibility index (Phi) is 5.09. The monoisotopic (exact) mass is 292 g/mol. The summed E-state index contributed by atoms with van der Waals surface area (Å²) in [5, 5.41) is 2.97. The van der Waals surface area contributed by atoms with Gasteiger partial charge in [-0.1, -0.05) is 6.07 Å². The summed E-state index contributed by atoms with van der Waals surface area (Å²) in [5.41, 5.74) is 3.72. The number of amides is 1. The molecule has 0 aliphatic rings. The Hall–Kier alpha value is -1.92. The van der Waals surface area contributed by atoms with Gasteiger partial charge in [-0.15, -0.1) is 11.3 Å². The first-order valence-electron chi connectivity index (χ1n) is 6.25. The van der Waals surface area contributed by atoms with E-state index in [-0.39, 0.29) is 5.91 Å². The van der Waals surface area contributed by atoms with Crippen LogP contribution in [0.25, 0.3) is 0 Å². The third-order valence-electron chi connectivity index (χ3n) is 2.46. The second-order valence-electron chi connectivity index (χ2n) is 4.04. The molecular formula is C14H16N2O3S. The van der Waals surface area contributed by atoms with Crippen molar-refractivity contribution in [2.75, 3.05) is 6.61 Å². The summed E-state index contributed by atoms with van der Waals surface area (Å²) >= 11 is 1.58. The Labute approximate surface area is 121 Å². The first-order valence-corrected chi connectivity index (χ1v) is 7.13. The molecule has 1 aromatic carbocycles. The van der Waals surface area contributed by atoms with Crippen molar-refractivity contribution < 1.29 is 14.4 Å². The lowest BCUT2D eigenvalue weighted by molar-refractivity contribution is 0.0364. The van der Waals surface area contributed by atoms with E-state index < -0.39 is 0 Å². The molecule has 1 N–H and O–H groups in total. The molecule has 0 aliphatic carbocycles. The van der Waals surface area contributed by atoms with Gasteiger partial charge in [0.2, 0.25) is 0 Å². The van der Waals surface area contributed by atoms with Crippen LogP contribution in [0.4, 0.5) is 0 Å². The molecular weight excluding hydrogens is 276 g/mol. The van der Waals surface area contributed by atoms with Crippen molar-refractivity contribution >= 4 is 17.2 Å². The third kappa shape index (κ3) is 4.04. The zero-order valence-corrected chi connectivity index (χ0v) is 12.2. The van der Waals surface area contributed by atoms with Crippen LogP contribution in [0.15, 0.2) is 29.6 Å². The quantitative estimate of drug-likeness (QED) is 0.832. The largest absolute Gasteiger partial charge is 0.487 e. The first-order chi connectivity index (χ1) is 9.69. The standard InChI is InChI=1S/C14H16N2O3S/c1-3-19-16-14(17)11-5-4-6-13(7-11)18-8-12-9-20-10(2)15-12/h4-7,9H,3,8H2,1-2H3,(H,16,17). The van der Waals surface area contributed by atoms with E-state index in [9.17, 15) is 4.79 Å². The third-order valence-corrected chi connectivity index (χ3v) is 3.28. The normalized spacial score (nSPS) is 10.3. The van der Waals surface area contributed by atoms with E-state index in [4.69, 9.17) is 9.57 Å². The molecule has 0 saturated carbocycles. The number of hydrogen-bond acceptors (Lipinski definition) is 5. The lowest BCUT2D eigenvalue weighted by Gasteiger charge is -2.07. The summed E-state index contributed by atoms with van der Waals surface area (Å²) in [5.74, 6) is 0.335. The van der Waals surface area contributed by atoms with Crippen molar-refractivity contribution in [2.45, 2.75) is 20.5 Å². The summed E-state index contributed by atoms with van der Waals surface area (Å²) in [6.07, 6.45) is 0. The molecule has 0 radical (unpaired) electrons. The maximum Gasteiger partial charge on any atom is 0.274 e. The lowest BCUT2D eigenvalue weighted by Crippen LogP contribution is -2.23. The molecule has 2 rings (SSSR count). The summed E-state index contributed by atoms with van der Waals surface area (Å²) < 4.78 is 5.62. The molecule has 0 fully saturated rings. The Morgan fingerprint density at radius 2 is 2.30 bits per heavy atom. The van der Waals surface area contributed by atoms with Crippen LogP contribution in [0, 0.1) is 6.92 Å². The number of aryl methyl sites for hydroxylation is 1. The molecule has 6 heteroatoms.